The summed E-state index contributed by atoms with van der Waals surface area (Å²) in [6.45, 7) is 5.28. The molecule has 1 amide bonds. The molecule has 0 unspecified atom stereocenters. The van der Waals surface area contributed by atoms with Crippen molar-refractivity contribution in [2.24, 2.45) is 5.73 Å². The summed E-state index contributed by atoms with van der Waals surface area (Å²) in [5, 5.41) is 0. The van der Waals surface area contributed by atoms with Crippen LogP contribution in [0.25, 0.3) is 0 Å². The maximum absolute atomic E-state index is 10.0. The van der Waals surface area contributed by atoms with Crippen molar-refractivity contribution in [2.75, 3.05) is 7.11 Å². The van der Waals surface area contributed by atoms with Crippen LogP contribution >= 0.6 is 0 Å². The van der Waals surface area contributed by atoms with E-state index in [1.807, 2.05) is 0 Å². The molecule has 1 aliphatic carbocycles. The summed E-state index contributed by atoms with van der Waals surface area (Å²) in [6, 6.07) is 8.57. The average molecular weight is 265 g/mol. The van der Waals surface area contributed by atoms with E-state index in [-0.39, 0.29) is 0 Å². The number of fused-ring (bicyclic) bond motifs is 1. The SMILES string of the molecule is CC(C)(C)OC(N)=O.COC1Cc2ccccc2C1. The van der Waals surface area contributed by atoms with Crippen molar-refractivity contribution in [2.45, 2.75) is 45.3 Å². The first-order valence-corrected chi connectivity index (χ1v) is 6.40. The molecule has 0 saturated carbocycles. The lowest BCUT2D eigenvalue weighted by molar-refractivity contribution is 0.0600. The first-order valence-electron chi connectivity index (χ1n) is 6.40. The molecule has 1 aromatic carbocycles. The van der Waals surface area contributed by atoms with E-state index in [2.05, 4.69) is 29.0 Å². The zero-order valence-electron chi connectivity index (χ0n) is 12.1. The van der Waals surface area contributed by atoms with Crippen LogP contribution in [0.5, 0.6) is 0 Å². The number of primary amides is 1. The molecule has 0 heterocycles. The van der Waals surface area contributed by atoms with Crippen LogP contribution in [0.3, 0.4) is 0 Å². The van der Waals surface area contributed by atoms with Crippen LogP contribution in [0.4, 0.5) is 4.79 Å². The van der Waals surface area contributed by atoms with Crippen molar-refractivity contribution in [1.82, 2.24) is 0 Å². The van der Waals surface area contributed by atoms with E-state index in [4.69, 9.17) is 10.5 Å². The number of ether oxygens (including phenoxy) is 2. The van der Waals surface area contributed by atoms with E-state index >= 15 is 0 Å². The molecule has 4 heteroatoms. The van der Waals surface area contributed by atoms with Crippen molar-refractivity contribution in [1.29, 1.82) is 0 Å². The van der Waals surface area contributed by atoms with Crippen molar-refractivity contribution >= 4 is 6.09 Å². The van der Waals surface area contributed by atoms with Crippen molar-refractivity contribution in [3.63, 3.8) is 0 Å². The van der Waals surface area contributed by atoms with Crippen LogP contribution in [0.15, 0.2) is 24.3 Å². The molecule has 0 bridgehead atoms. The Morgan fingerprint density at radius 1 is 1.21 bits per heavy atom. The lowest BCUT2D eigenvalue weighted by atomic mass is 10.1. The number of amides is 1. The molecule has 2 N–H and O–H groups in total. The van der Waals surface area contributed by atoms with Gasteiger partial charge in [-0.05, 0) is 44.7 Å². The Morgan fingerprint density at radius 3 is 1.95 bits per heavy atom. The number of carbonyl (C=O) groups is 1. The van der Waals surface area contributed by atoms with Crippen LogP contribution < -0.4 is 5.73 Å². The standard InChI is InChI=1S/C10H12O.C5H11NO2/c1-11-10-6-8-4-2-3-5-9(8)7-10;1-5(2,3)8-4(6)7/h2-5,10H,6-7H2,1H3;1-3H3,(H2,6,7). The lowest BCUT2D eigenvalue weighted by Crippen LogP contribution is -2.27. The van der Waals surface area contributed by atoms with Gasteiger partial charge in [0.05, 0.1) is 6.10 Å². The fraction of sp³-hybridized carbons (Fsp3) is 0.533. The summed E-state index contributed by atoms with van der Waals surface area (Å²) >= 11 is 0. The van der Waals surface area contributed by atoms with Gasteiger partial charge in [-0.15, -0.1) is 0 Å². The Hall–Kier alpha value is -1.55. The first-order chi connectivity index (χ1) is 8.81. The molecule has 0 saturated heterocycles. The van der Waals surface area contributed by atoms with Gasteiger partial charge >= 0.3 is 6.09 Å². The van der Waals surface area contributed by atoms with Gasteiger partial charge in [0, 0.05) is 7.11 Å². The second-order valence-electron chi connectivity index (χ2n) is 5.57. The second-order valence-corrected chi connectivity index (χ2v) is 5.57. The van der Waals surface area contributed by atoms with Crippen molar-refractivity contribution < 1.29 is 14.3 Å². The van der Waals surface area contributed by atoms with E-state index in [9.17, 15) is 4.79 Å². The molecule has 4 nitrogen and oxygen atoms in total. The van der Waals surface area contributed by atoms with Crippen LogP contribution in [-0.4, -0.2) is 24.9 Å². The van der Waals surface area contributed by atoms with E-state index in [1.54, 1.807) is 27.9 Å². The van der Waals surface area contributed by atoms with Gasteiger partial charge in [0.15, 0.2) is 0 Å². The van der Waals surface area contributed by atoms with Gasteiger partial charge in [0.1, 0.15) is 5.60 Å². The van der Waals surface area contributed by atoms with Gasteiger partial charge in [-0.3, -0.25) is 0 Å². The number of carbonyl (C=O) groups excluding carboxylic acids is 1. The van der Waals surface area contributed by atoms with Crippen LogP contribution in [0.2, 0.25) is 0 Å². The summed E-state index contributed by atoms with van der Waals surface area (Å²) in [7, 11) is 1.79. The first kappa shape index (κ1) is 15.5. The molecule has 0 atom stereocenters. The monoisotopic (exact) mass is 265 g/mol. The van der Waals surface area contributed by atoms with Crippen molar-refractivity contribution in [3.8, 4) is 0 Å². The molecule has 1 aliphatic rings. The molecule has 2 rings (SSSR count). The number of nitrogens with two attached hydrogens (primary N) is 1. The third-order valence-electron chi connectivity index (χ3n) is 2.75. The minimum absolute atomic E-state index is 0.424. The quantitative estimate of drug-likeness (QED) is 0.849. The van der Waals surface area contributed by atoms with Gasteiger partial charge in [0.25, 0.3) is 0 Å². The molecule has 0 spiro atoms. The summed E-state index contributed by atoms with van der Waals surface area (Å²) < 4.78 is 9.87. The third kappa shape index (κ3) is 5.75. The summed E-state index contributed by atoms with van der Waals surface area (Å²) in [4.78, 5) is 10.0. The lowest BCUT2D eigenvalue weighted by Gasteiger charge is -2.16. The van der Waals surface area contributed by atoms with Crippen LogP contribution in [-0.2, 0) is 22.3 Å². The zero-order valence-corrected chi connectivity index (χ0v) is 12.1. The van der Waals surface area contributed by atoms with Gasteiger partial charge in [-0.25, -0.2) is 4.79 Å². The normalized spacial score (nSPS) is 14.3. The predicted octanol–water partition coefficient (Wildman–Crippen LogP) is 2.68. The molecule has 0 aromatic heterocycles. The minimum Gasteiger partial charge on any atom is -0.444 e. The largest absolute Gasteiger partial charge is 0.444 e. The highest BCUT2D eigenvalue weighted by Gasteiger charge is 2.19. The van der Waals surface area contributed by atoms with Gasteiger partial charge in [-0.2, -0.15) is 0 Å². The summed E-state index contributed by atoms with van der Waals surface area (Å²) in [5.74, 6) is 0. The molecule has 1 aromatic rings. The molecule has 19 heavy (non-hydrogen) atoms. The van der Waals surface area contributed by atoms with E-state index < -0.39 is 11.7 Å². The molecule has 0 aliphatic heterocycles. The molecule has 0 radical (unpaired) electrons. The Bertz CT molecular complexity index is 399. The Labute approximate surface area is 114 Å². The predicted molar refractivity (Wildman–Crippen MR) is 75.1 cm³/mol. The Morgan fingerprint density at radius 2 is 1.68 bits per heavy atom. The van der Waals surface area contributed by atoms with E-state index in [1.165, 1.54) is 11.1 Å². The van der Waals surface area contributed by atoms with E-state index in [0.717, 1.165) is 12.8 Å². The highest BCUT2D eigenvalue weighted by Crippen LogP contribution is 2.22. The van der Waals surface area contributed by atoms with Gasteiger partial charge < -0.3 is 15.2 Å². The number of hydrogen-bond donors (Lipinski definition) is 1. The second kappa shape index (κ2) is 6.57. The summed E-state index contributed by atoms with van der Waals surface area (Å²) in [5.41, 5.74) is 7.18. The topological polar surface area (TPSA) is 61.5 Å². The zero-order chi connectivity index (χ0) is 14.5. The van der Waals surface area contributed by atoms with Gasteiger partial charge in [0.2, 0.25) is 0 Å². The third-order valence-corrected chi connectivity index (χ3v) is 2.75. The number of rotatable bonds is 1. The number of methoxy groups -OCH3 is 1. The summed E-state index contributed by atoms with van der Waals surface area (Å²) in [6.07, 6.45) is 1.88. The maximum atomic E-state index is 10.0. The molecule has 0 fully saturated rings. The van der Waals surface area contributed by atoms with Crippen LogP contribution in [0.1, 0.15) is 31.9 Å². The molecular weight excluding hydrogens is 242 g/mol. The maximum Gasteiger partial charge on any atom is 0.405 e. The highest BCUT2D eigenvalue weighted by molar-refractivity contribution is 5.65. The molecular formula is C15H23NO3. The smallest absolute Gasteiger partial charge is 0.405 e. The Balaban J connectivity index is 0.000000203. The minimum atomic E-state index is -0.725. The Kier molecular flexibility index (Phi) is 5.36. The number of hydrogen-bond acceptors (Lipinski definition) is 3. The average Bonchev–Trinajstić information content (AvgIpc) is 2.69. The van der Waals surface area contributed by atoms with E-state index in [0.29, 0.717) is 6.10 Å². The van der Waals surface area contributed by atoms with Crippen molar-refractivity contribution in [3.05, 3.63) is 35.4 Å². The molecule has 106 valence electrons. The van der Waals surface area contributed by atoms with Gasteiger partial charge in [-0.1, -0.05) is 24.3 Å². The fourth-order valence-electron chi connectivity index (χ4n) is 1.99. The number of benzene rings is 1. The highest BCUT2D eigenvalue weighted by atomic mass is 16.6. The van der Waals surface area contributed by atoms with Crippen LogP contribution in [0, 0.1) is 0 Å². The fourth-order valence-corrected chi connectivity index (χ4v) is 1.99.